The minimum atomic E-state index is -3.77. The second-order valence-electron chi connectivity index (χ2n) is 21.2. The van der Waals surface area contributed by atoms with Crippen LogP contribution in [0.4, 0.5) is 0 Å². The average Bonchev–Trinajstić information content (AvgIpc) is 3.14. The quantitative estimate of drug-likeness (QED) is 0.0790. The van der Waals surface area contributed by atoms with Crippen molar-refractivity contribution in [2.45, 2.75) is 221 Å². The van der Waals surface area contributed by atoms with E-state index in [0.717, 1.165) is 25.7 Å². The number of nitrogens with one attached hydrogen (secondary N) is 2. The molecule has 0 amide bonds. The van der Waals surface area contributed by atoms with E-state index in [4.69, 9.17) is 18.5 Å². The molecule has 0 spiro atoms. The lowest BCUT2D eigenvalue weighted by Crippen LogP contribution is -2.67. The minimum Gasteiger partial charge on any atom is -0.507 e. The molecule has 8 unspecified atom stereocenters. The Labute approximate surface area is 359 Å². The van der Waals surface area contributed by atoms with E-state index >= 15 is 9.59 Å². The molecule has 0 radical (unpaired) electrons. The lowest BCUT2D eigenvalue weighted by molar-refractivity contribution is -0.188. The molecule has 2 aliphatic heterocycles. The summed E-state index contributed by atoms with van der Waals surface area (Å²) < 4.78 is 39.5. The van der Waals surface area contributed by atoms with Gasteiger partial charge in [-0.3, -0.25) is 14.2 Å². The van der Waals surface area contributed by atoms with Gasteiger partial charge in [0.15, 0.2) is 5.41 Å². The molecule has 3 N–H and O–H groups in total. The van der Waals surface area contributed by atoms with Crippen molar-refractivity contribution in [3.63, 3.8) is 0 Å². The van der Waals surface area contributed by atoms with E-state index in [1.165, 1.54) is 0 Å². The highest BCUT2D eigenvalue weighted by atomic mass is 31.2. The molecule has 0 aromatic heterocycles. The van der Waals surface area contributed by atoms with E-state index in [-0.39, 0.29) is 72.0 Å². The van der Waals surface area contributed by atoms with Crippen molar-refractivity contribution in [2.24, 2.45) is 17.3 Å². The van der Waals surface area contributed by atoms with Crippen LogP contribution in [-0.4, -0.2) is 70.8 Å². The Morgan fingerprint density at radius 3 is 1.39 bits per heavy atom. The first kappa shape index (κ1) is 51.4. The number of ether oxygens (including phenoxy) is 2. The summed E-state index contributed by atoms with van der Waals surface area (Å²) in [5, 5.41) is 19.5. The van der Waals surface area contributed by atoms with Gasteiger partial charge in [-0.05, 0) is 108 Å². The van der Waals surface area contributed by atoms with Crippen LogP contribution in [0.3, 0.4) is 0 Å². The van der Waals surface area contributed by atoms with Gasteiger partial charge in [0.25, 0.3) is 0 Å². The van der Waals surface area contributed by atoms with E-state index in [2.05, 4.69) is 79.9 Å². The predicted octanol–water partition coefficient (Wildman–Crippen LogP) is 10.9. The molecule has 340 valence electrons. The van der Waals surface area contributed by atoms with E-state index in [9.17, 15) is 9.67 Å². The molecular formula is C48H85N2O8P. The van der Waals surface area contributed by atoms with Crippen LogP contribution in [0.15, 0.2) is 12.1 Å². The number of aromatic hydroxyl groups is 1. The summed E-state index contributed by atoms with van der Waals surface area (Å²) in [6.45, 7) is 37.5. The zero-order valence-corrected chi connectivity index (χ0v) is 41.4. The first-order valence-electron chi connectivity index (χ1n) is 22.7. The van der Waals surface area contributed by atoms with Crippen LogP contribution < -0.4 is 10.6 Å². The average molecular weight is 849 g/mol. The van der Waals surface area contributed by atoms with Gasteiger partial charge in [-0.2, -0.15) is 0 Å². The summed E-state index contributed by atoms with van der Waals surface area (Å²) in [5.41, 5.74) is -2.09. The van der Waals surface area contributed by atoms with Crippen molar-refractivity contribution in [1.82, 2.24) is 10.6 Å². The zero-order valence-electron chi connectivity index (χ0n) is 40.5. The predicted molar refractivity (Wildman–Crippen MR) is 240 cm³/mol. The second kappa shape index (κ2) is 18.8. The first-order chi connectivity index (χ1) is 27.0. The maximum absolute atomic E-state index is 15.7. The fourth-order valence-corrected chi connectivity index (χ4v) is 11.3. The van der Waals surface area contributed by atoms with Crippen LogP contribution >= 0.6 is 7.60 Å². The van der Waals surface area contributed by atoms with Crippen LogP contribution in [0.2, 0.25) is 0 Å². The van der Waals surface area contributed by atoms with E-state index in [0.29, 0.717) is 29.5 Å². The molecule has 2 heterocycles. The largest absolute Gasteiger partial charge is 0.507 e. The van der Waals surface area contributed by atoms with Gasteiger partial charge in [-0.1, -0.05) is 95.2 Å². The number of phenols is 1. The number of rotatable bonds is 17. The van der Waals surface area contributed by atoms with Crippen LogP contribution in [0, 0.1) is 17.3 Å². The highest BCUT2D eigenvalue weighted by Crippen LogP contribution is 2.52. The first-order valence-corrected chi connectivity index (χ1v) is 24.5. The number of piperidine rings is 2. The molecule has 8 atom stereocenters. The fourth-order valence-electron chi connectivity index (χ4n) is 9.54. The van der Waals surface area contributed by atoms with E-state index in [1.54, 1.807) is 13.8 Å². The molecule has 1 aromatic carbocycles. The lowest BCUT2D eigenvalue weighted by atomic mass is 9.69. The van der Waals surface area contributed by atoms with Crippen molar-refractivity contribution in [1.29, 1.82) is 0 Å². The molecular weight excluding hydrogens is 764 g/mol. The highest BCUT2D eigenvalue weighted by molar-refractivity contribution is 7.53. The second-order valence-corrected chi connectivity index (χ2v) is 23.4. The molecule has 3 rings (SSSR count). The Bertz CT molecular complexity index is 1560. The Balaban J connectivity index is 2.41. The normalized spacial score (nSPS) is 31.7. The summed E-state index contributed by atoms with van der Waals surface area (Å²) in [6, 6.07) is 3.82. The topological polar surface area (TPSA) is 132 Å². The van der Waals surface area contributed by atoms with E-state index < -0.39 is 48.0 Å². The molecule has 2 saturated heterocycles. The smallest absolute Gasteiger partial charge is 0.330 e. The van der Waals surface area contributed by atoms with Crippen LogP contribution in [0.25, 0.3) is 0 Å². The van der Waals surface area contributed by atoms with Gasteiger partial charge in [0.1, 0.15) is 18.0 Å². The van der Waals surface area contributed by atoms with E-state index in [1.807, 2.05) is 53.7 Å². The number of carbonyl (C=O) groups is 2. The van der Waals surface area contributed by atoms with Gasteiger partial charge in [0.2, 0.25) is 0 Å². The Morgan fingerprint density at radius 1 is 0.712 bits per heavy atom. The molecule has 59 heavy (non-hydrogen) atoms. The molecule has 1 aromatic rings. The molecule has 0 saturated carbocycles. The molecule has 0 aliphatic carbocycles. The van der Waals surface area contributed by atoms with Crippen LogP contribution in [-0.2, 0) is 49.9 Å². The number of hydrogen-bond acceptors (Lipinski definition) is 10. The number of esters is 2. The summed E-state index contributed by atoms with van der Waals surface area (Å²) >= 11 is 0. The maximum Gasteiger partial charge on any atom is 0.330 e. The standard InChI is InChI=1S/C48H85N2O8P/c1-19-44(15)30-37(32(7)46(17,21-3)49-44)57-40(52)48(25-26-59(54,55-23-5)56-24-6,29-34-27-35(42(9,10)11)39(51)36(28-34)43(12,13)14)41(53)58-38-31-45(16,20-2)50-47(18,22-4)33(38)8/h27-28,32-33,37-38,49-51H,19-26,29-31H2,1-18H3. The molecule has 2 fully saturated rings. The van der Waals surface area contributed by atoms with Gasteiger partial charge in [-0.25, -0.2) is 0 Å². The monoisotopic (exact) mass is 849 g/mol. The van der Waals surface area contributed by atoms with Gasteiger partial charge < -0.3 is 34.3 Å². The Hall–Kier alpha value is -1.97. The summed E-state index contributed by atoms with van der Waals surface area (Å²) in [5.74, 6) is -1.37. The third kappa shape index (κ3) is 11.4. The van der Waals surface area contributed by atoms with Crippen LogP contribution in [0.5, 0.6) is 5.75 Å². The third-order valence-corrected chi connectivity index (χ3v) is 16.8. The van der Waals surface area contributed by atoms with Crippen molar-refractivity contribution in [3.05, 3.63) is 28.8 Å². The zero-order chi connectivity index (χ0) is 45.2. The summed E-state index contributed by atoms with van der Waals surface area (Å²) in [7, 11) is -3.77. The van der Waals surface area contributed by atoms with Crippen molar-refractivity contribution in [2.75, 3.05) is 19.4 Å². The van der Waals surface area contributed by atoms with Gasteiger partial charge in [0, 0.05) is 46.8 Å². The maximum atomic E-state index is 15.7. The number of hydrogen-bond donors (Lipinski definition) is 3. The summed E-state index contributed by atoms with van der Waals surface area (Å²) in [6.07, 6.45) is 2.87. The van der Waals surface area contributed by atoms with Gasteiger partial charge in [-0.15, -0.1) is 0 Å². The van der Waals surface area contributed by atoms with Crippen LogP contribution in [0.1, 0.15) is 186 Å². The summed E-state index contributed by atoms with van der Waals surface area (Å²) in [4.78, 5) is 31.4. The molecule has 2 aliphatic rings. The Morgan fingerprint density at radius 2 is 1.08 bits per heavy atom. The van der Waals surface area contributed by atoms with Gasteiger partial charge >= 0.3 is 19.5 Å². The van der Waals surface area contributed by atoms with Crippen molar-refractivity contribution >= 4 is 19.5 Å². The Kier molecular flexibility index (Phi) is 16.4. The van der Waals surface area contributed by atoms with Gasteiger partial charge in [0.05, 0.1) is 19.4 Å². The number of benzene rings is 1. The lowest BCUT2D eigenvalue weighted by Gasteiger charge is -2.53. The third-order valence-electron chi connectivity index (χ3n) is 14.7. The molecule has 11 heteroatoms. The minimum absolute atomic E-state index is 0.0867. The number of phenolic OH excluding ortho intramolecular Hbond substituents is 1. The highest BCUT2D eigenvalue weighted by Gasteiger charge is 2.56. The fraction of sp³-hybridized carbons (Fsp3) is 0.833. The van der Waals surface area contributed by atoms with Crippen molar-refractivity contribution in [3.8, 4) is 5.75 Å². The van der Waals surface area contributed by atoms with Crippen molar-refractivity contribution < 1.29 is 37.8 Å². The molecule has 0 bridgehead atoms. The SMILES string of the molecule is CCOP(=O)(CCC(Cc1cc(C(C)(C)C)c(O)c(C(C)(C)C)c1)(C(=O)OC1CC(C)(CC)NC(C)(CC)C1C)C(=O)OC1CC(C)(CC)NC(C)(CC)C1C)OCC. The number of carbonyl (C=O) groups excluding carboxylic acids is 2. The molecule has 10 nitrogen and oxygen atoms in total.